The summed E-state index contributed by atoms with van der Waals surface area (Å²) in [6, 6.07) is 0. The average molecular weight is 445 g/mol. The van der Waals surface area contributed by atoms with Gasteiger partial charge in [0.25, 0.3) is 0 Å². The fourth-order valence-electron chi connectivity index (χ4n) is 8.85. The van der Waals surface area contributed by atoms with Crippen LogP contribution in [-0.2, 0) is 0 Å². The first-order valence-electron chi connectivity index (χ1n) is 12.7. The van der Waals surface area contributed by atoms with Gasteiger partial charge in [0.05, 0.1) is 5.60 Å². The highest BCUT2D eigenvalue weighted by Gasteiger charge is 2.60. The molecular weight excluding hydrogens is 401 g/mol. The van der Waals surface area contributed by atoms with E-state index in [1.54, 1.807) is 0 Å². The van der Waals surface area contributed by atoms with Gasteiger partial charge >= 0.3 is 6.18 Å². The Labute approximate surface area is 186 Å². The molecule has 9 atom stereocenters. The average Bonchev–Trinajstić information content (AvgIpc) is 2.98. The third-order valence-corrected chi connectivity index (χ3v) is 11.0. The molecular formula is C26H43F3O2. The van der Waals surface area contributed by atoms with Gasteiger partial charge in [-0.3, -0.25) is 0 Å². The van der Waals surface area contributed by atoms with Crippen LogP contribution in [0.3, 0.4) is 0 Å². The molecule has 5 heteroatoms. The van der Waals surface area contributed by atoms with Gasteiger partial charge in [0.15, 0.2) is 5.60 Å². The number of hydrogen-bond acceptors (Lipinski definition) is 2. The number of rotatable bonds is 4. The van der Waals surface area contributed by atoms with E-state index >= 15 is 0 Å². The first-order chi connectivity index (χ1) is 14.2. The summed E-state index contributed by atoms with van der Waals surface area (Å²) in [5, 5.41) is 20.5. The van der Waals surface area contributed by atoms with Crippen molar-refractivity contribution in [3.05, 3.63) is 0 Å². The van der Waals surface area contributed by atoms with E-state index in [1.807, 2.05) is 6.92 Å². The number of fused-ring (bicyclic) bond motifs is 5. The fraction of sp³-hybridized carbons (Fsp3) is 1.00. The molecule has 31 heavy (non-hydrogen) atoms. The van der Waals surface area contributed by atoms with Crippen molar-refractivity contribution in [2.75, 3.05) is 0 Å². The van der Waals surface area contributed by atoms with Crippen molar-refractivity contribution < 1.29 is 23.4 Å². The molecule has 0 spiro atoms. The summed E-state index contributed by atoms with van der Waals surface area (Å²) in [6.07, 6.45) is 6.75. The Morgan fingerprint density at radius 2 is 1.55 bits per heavy atom. The highest BCUT2D eigenvalue weighted by Crippen LogP contribution is 2.68. The lowest BCUT2D eigenvalue weighted by Gasteiger charge is -2.62. The summed E-state index contributed by atoms with van der Waals surface area (Å²) in [6.45, 7) is 7.85. The first-order valence-corrected chi connectivity index (χ1v) is 12.7. The maximum Gasteiger partial charge on any atom is 0.416 e. The van der Waals surface area contributed by atoms with E-state index in [4.69, 9.17) is 0 Å². The Hall–Kier alpha value is -0.290. The van der Waals surface area contributed by atoms with Crippen LogP contribution in [-0.4, -0.2) is 27.6 Å². The van der Waals surface area contributed by atoms with Gasteiger partial charge in [-0.15, -0.1) is 0 Å². The number of alkyl halides is 3. The van der Waals surface area contributed by atoms with E-state index in [9.17, 15) is 23.4 Å². The first kappa shape index (κ1) is 23.9. The number of hydrogen-bond donors (Lipinski definition) is 2. The zero-order valence-electron chi connectivity index (χ0n) is 19.9. The molecule has 0 aromatic rings. The molecule has 0 amide bonds. The molecule has 0 radical (unpaired) electrons. The number of halogens is 3. The van der Waals surface area contributed by atoms with E-state index < -0.39 is 17.4 Å². The molecule has 4 saturated carbocycles. The lowest BCUT2D eigenvalue weighted by molar-refractivity contribution is -0.255. The van der Waals surface area contributed by atoms with Crippen molar-refractivity contribution in [1.29, 1.82) is 0 Å². The maximum atomic E-state index is 13.0. The van der Waals surface area contributed by atoms with Crippen molar-refractivity contribution in [2.45, 2.75) is 122 Å². The van der Waals surface area contributed by atoms with Crippen LogP contribution >= 0.6 is 0 Å². The Balaban J connectivity index is 1.42. The van der Waals surface area contributed by atoms with Crippen molar-refractivity contribution in [3.8, 4) is 0 Å². The second kappa shape index (κ2) is 7.61. The van der Waals surface area contributed by atoms with Crippen molar-refractivity contribution in [1.82, 2.24) is 0 Å². The summed E-state index contributed by atoms with van der Waals surface area (Å²) in [5.74, 6) is 3.29. The molecule has 2 N–H and O–H groups in total. The summed E-state index contributed by atoms with van der Waals surface area (Å²) in [5.41, 5.74) is -2.49. The quantitative estimate of drug-likeness (QED) is 0.496. The molecule has 0 heterocycles. The van der Waals surface area contributed by atoms with Crippen molar-refractivity contribution in [2.24, 2.45) is 40.4 Å². The molecule has 2 nitrogen and oxygen atoms in total. The van der Waals surface area contributed by atoms with Crippen LogP contribution in [0.5, 0.6) is 0 Å². The Morgan fingerprint density at radius 1 is 0.871 bits per heavy atom. The fourth-order valence-corrected chi connectivity index (χ4v) is 8.85. The van der Waals surface area contributed by atoms with Crippen molar-refractivity contribution >= 4 is 0 Å². The molecule has 0 bridgehead atoms. The van der Waals surface area contributed by atoms with Crippen LogP contribution in [0.4, 0.5) is 13.2 Å². The zero-order valence-corrected chi connectivity index (χ0v) is 19.9. The van der Waals surface area contributed by atoms with E-state index in [0.29, 0.717) is 29.6 Å². The third kappa shape index (κ3) is 3.98. The van der Waals surface area contributed by atoms with Crippen LogP contribution in [0, 0.1) is 40.4 Å². The van der Waals surface area contributed by atoms with Crippen LogP contribution in [0.2, 0.25) is 0 Å². The Kier molecular flexibility index (Phi) is 5.86. The molecule has 0 unspecified atom stereocenters. The zero-order chi connectivity index (χ0) is 22.9. The summed E-state index contributed by atoms with van der Waals surface area (Å²) in [7, 11) is 0. The highest BCUT2D eigenvalue weighted by molar-refractivity contribution is 5.10. The van der Waals surface area contributed by atoms with Gasteiger partial charge in [0, 0.05) is 0 Å². The molecule has 4 aliphatic carbocycles. The van der Waals surface area contributed by atoms with Gasteiger partial charge in [-0.2, -0.15) is 13.2 Å². The normalized spacial score (nSPS) is 49.6. The minimum absolute atomic E-state index is 0.195. The predicted molar refractivity (Wildman–Crippen MR) is 116 cm³/mol. The molecule has 4 aliphatic rings. The minimum Gasteiger partial charge on any atom is -0.390 e. The van der Waals surface area contributed by atoms with Gasteiger partial charge in [-0.25, -0.2) is 0 Å². The molecule has 0 aromatic carbocycles. The molecule has 4 rings (SSSR count). The number of aliphatic hydroxyl groups is 2. The summed E-state index contributed by atoms with van der Waals surface area (Å²) < 4.78 is 39.1. The van der Waals surface area contributed by atoms with Crippen LogP contribution < -0.4 is 0 Å². The monoisotopic (exact) mass is 444 g/mol. The molecule has 0 saturated heterocycles. The van der Waals surface area contributed by atoms with E-state index in [0.717, 1.165) is 50.9 Å². The second-order valence-corrected chi connectivity index (χ2v) is 12.8. The van der Waals surface area contributed by atoms with Gasteiger partial charge in [0.1, 0.15) is 0 Å². The van der Waals surface area contributed by atoms with Gasteiger partial charge < -0.3 is 10.2 Å². The lowest BCUT2D eigenvalue weighted by Crippen LogP contribution is -2.55. The lowest BCUT2D eigenvalue weighted by atomic mass is 9.44. The van der Waals surface area contributed by atoms with Crippen LogP contribution in [0.1, 0.15) is 105 Å². The van der Waals surface area contributed by atoms with E-state index in [-0.39, 0.29) is 11.8 Å². The van der Waals surface area contributed by atoms with Gasteiger partial charge in [-0.1, -0.05) is 13.8 Å². The third-order valence-electron chi connectivity index (χ3n) is 11.0. The van der Waals surface area contributed by atoms with Gasteiger partial charge in [-0.05, 0) is 131 Å². The molecule has 0 aliphatic heterocycles. The predicted octanol–water partition coefficient (Wildman–Crippen LogP) is 6.88. The highest BCUT2D eigenvalue weighted by atomic mass is 19.4. The van der Waals surface area contributed by atoms with Crippen molar-refractivity contribution in [3.63, 3.8) is 0 Å². The Morgan fingerprint density at radius 3 is 2.23 bits per heavy atom. The van der Waals surface area contributed by atoms with E-state index in [2.05, 4.69) is 13.8 Å². The summed E-state index contributed by atoms with van der Waals surface area (Å²) in [4.78, 5) is 0. The SMILES string of the molecule is C[C@]1(O)CC[C@@]2(C)[C@@H](CC[C@@H]3[C@@H]2CC[C@]2(C)[C@@H](CCC[C@@](C)(O)C(F)(F)F)CC[C@@H]32)C1. The van der Waals surface area contributed by atoms with Gasteiger partial charge in [0.2, 0.25) is 0 Å². The van der Waals surface area contributed by atoms with Crippen LogP contribution in [0.15, 0.2) is 0 Å². The smallest absolute Gasteiger partial charge is 0.390 e. The largest absolute Gasteiger partial charge is 0.416 e. The maximum absolute atomic E-state index is 13.0. The second-order valence-electron chi connectivity index (χ2n) is 12.8. The Bertz CT molecular complexity index is 672. The molecule has 180 valence electrons. The topological polar surface area (TPSA) is 40.5 Å². The standard InChI is InChI=1S/C26H43F3O2/c1-22(30)14-15-24(3)18(16-22)7-9-19-20-10-8-17(23(20,2)13-11-21(19)24)6-5-12-25(4,31)26(27,28)29/h17-21,30-31H,5-16H2,1-4H3/t17-,18-,19-,20-,21-,22-,23+,24-,25+/m0/s1. The summed E-state index contributed by atoms with van der Waals surface area (Å²) >= 11 is 0. The van der Waals surface area contributed by atoms with E-state index in [1.165, 1.54) is 32.1 Å². The molecule has 4 fully saturated rings. The van der Waals surface area contributed by atoms with Crippen LogP contribution in [0.25, 0.3) is 0 Å². The minimum atomic E-state index is -4.55. The molecule has 0 aromatic heterocycles.